The van der Waals surface area contributed by atoms with E-state index in [1.54, 1.807) is 12.1 Å². The molecule has 0 aliphatic carbocycles. The van der Waals surface area contributed by atoms with Crippen molar-refractivity contribution in [1.82, 2.24) is 14.8 Å². The van der Waals surface area contributed by atoms with E-state index < -0.39 is 5.97 Å². The summed E-state index contributed by atoms with van der Waals surface area (Å²) in [6.07, 6.45) is 7.42. The van der Waals surface area contributed by atoms with Crippen molar-refractivity contribution in [3.05, 3.63) is 71.3 Å². The van der Waals surface area contributed by atoms with Crippen molar-refractivity contribution < 1.29 is 9.90 Å². The Bertz CT molecular complexity index is 982. The first-order valence-electron chi connectivity index (χ1n) is 8.90. The molecular formula is C22H21N3O2. The third-order valence-corrected chi connectivity index (χ3v) is 4.36. The van der Waals surface area contributed by atoms with Gasteiger partial charge in [-0.05, 0) is 22.8 Å². The van der Waals surface area contributed by atoms with E-state index in [2.05, 4.69) is 16.0 Å². The molecule has 0 spiro atoms. The Morgan fingerprint density at radius 1 is 1.19 bits per heavy atom. The highest BCUT2D eigenvalue weighted by molar-refractivity contribution is 5.95. The molecule has 0 unspecified atom stereocenters. The van der Waals surface area contributed by atoms with Gasteiger partial charge in [0.25, 0.3) is 0 Å². The van der Waals surface area contributed by atoms with Gasteiger partial charge in [-0.3, -0.25) is 0 Å². The maximum Gasteiger partial charge on any atom is 0.336 e. The van der Waals surface area contributed by atoms with Gasteiger partial charge in [-0.2, -0.15) is 5.10 Å². The molecule has 5 heteroatoms. The van der Waals surface area contributed by atoms with Crippen molar-refractivity contribution >= 4 is 5.97 Å². The molecule has 3 rings (SSSR count). The number of carbonyl (C=O) groups is 1. The maximum absolute atomic E-state index is 11.4. The van der Waals surface area contributed by atoms with Crippen molar-refractivity contribution in [1.29, 1.82) is 0 Å². The Hall–Kier alpha value is -3.39. The van der Waals surface area contributed by atoms with Gasteiger partial charge < -0.3 is 5.11 Å². The van der Waals surface area contributed by atoms with Crippen molar-refractivity contribution in [2.45, 2.75) is 32.7 Å². The molecule has 3 aromatic rings. The van der Waals surface area contributed by atoms with Gasteiger partial charge in [-0.15, -0.1) is 12.3 Å². The number of carboxylic acids is 1. The van der Waals surface area contributed by atoms with E-state index in [1.165, 1.54) is 0 Å². The lowest BCUT2D eigenvalue weighted by atomic mass is 9.98. The standard InChI is InChI=1S/C22H21N3O2/c1-3-5-14-25-21(23-20(4-2)24-25)15-16-10-12-17(13-11-16)18-8-6-7-9-19(18)22(26)27/h1,6-13H,4-5,14-15H2,2H3,(H,26,27). The van der Waals surface area contributed by atoms with Gasteiger partial charge in [0.2, 0.25) is 0 Å². The number of hydrogen-bond donors (Lipinski definition) is 1. The van der Waals surface area contributed by atoms with E-state index in [4.69, 9.17) is 6.42 Å². The number of terminal acetylenes is 1. The summed E-state index contributed by atoms with van der Waals surface area (Å²) in [6, 6.07) is 14.9. The molecule has 0 fully saturated rings. The summed E-state index contributed by atoms with van der Waals surface area (Å²) < 4.78 is 1.88. The Labute approximate surface area is 158 Å². The molecule has 136 valence electrons. The van der Waals surface area contributed by atoms with Gasteiger partial charge in [0.1, 0.15) is 5.82 Å². The normalized spacial score (nSPS) is 10.5. The van der Waals surface area contributed by atoms with E-state index in [0.717, 1.165) is 29.2 Å². The Balaban J connectivity index is 1.84. The van der Waals surface area contributed by atoms with Crippen molar-refractivity contribution in [3.8, 4) is 23.5 Å². The monoisotopic (exact) mass is 359 g/mol. The molecule has 0 atom stereocenters. The molecule has 27 heavy (non-hydrogen) atoms. The van der Waals surface area contributed by atoms with E-state index in [9.17, 15) is 9.90 Å². The first-order valence-corrected chi connectivity index (χ1v) is 8.90. The number of aromatic carboxylic acids is 1. The topological polar surface area (TPSA) is 68.0 Å². The first-order chi connectivity index (χ1) is 13.1. The van der Waals surface area contributed by atoms with Crippen molar-refractivity contribution in [3.63, 3.8) is 0 Å². The average molecular weight is 359 g/mol. The van der Waals surface area contributed by atoms with E-state index in [0.29, 0.717) is 30.5 Å². The molecule has 0 radical (unpaired) electrons. The zero-order valence-electron chi connectivity index (χ0n) is 15.2. The van der Waals surface area contributed by atoms with E-state index >= 15 is 0 Å². The lowest BCUT2D eigenvalue weighted by Gasteiger charge is -2.08. The minimum absolute atomic E-state index is 0.298. The fourth-order valence-corrected chi connectivity index (χ4v) is 2.96. The molecule has 1 aromatic heterocycles. The molecule has 2 aromatic carbocycles. The van der Waals surface area contributed by atoms with Gasteiger partial charge >= 0.3 is 5.97 Å². The molecular weight excluding hydrogens is 338 g/mol. The second-order valence-corrected chi connectivity index (χ2v) is 6.20. The molecule has 0 aliphatic rings. The predicted molar refractivity (Wildman–Crippen MR) is 104 cm³/mol. The van der Waals surface area contributed by atoms with Crippen LogP contribution in [0, 0.1) is 12.3 Å². The highest BCUT2D eigenvalue weighted by Crippen LogP contribution is 2.24. The van der Waals surface area contributed by atoms with E-state index in [-0.39, 0.29) is 0 Å². The van der Waals surface area contributed by atoms with Crippen LogP contribution in [0.4, 0.5) is 0 Å². The van der Waals surface area contributed by atoms with Gasteiger partial charge in [0.05, 0.1) is 12.1 Å². The number of rotatable bonds is 7. The van der Waals surface area contributed by atoms with Gasteiger partial charge in [0, 0.05) is 19.3 Å². The van der Waals surface area contributed by atoms with E-state index in [1.807, 2.05) is 48.0 Å². The largest absolute Gasteiger partial charge is 0.478 e. The molecule has 0 saturated heterocycles. The second kappa shape index (κ2) is 8.33. The molecule has 1 heterocycles. The first kappa shape index (κ1) is 18.4. The summed E-state index contributed by atoms with van der Waals surface area (Å²) in [7, 11) is 0. The average Bonchev–Trinajstić information content (AvgIpc) is 3.08. The SMILES string of the molecule is C#CCCn1nc(CC)nc1Cc1ccc(-c2ccccc2C(=O)O)cc1. The zero-order valence-corrected chi connectivity index (χ0v) is 15.2. The highest BCUT2D eigenvalue weighted by atomic mass is 16.4. The van der Waals surface area contributed by atoms with Crippen molar-refractivity contribution in [2.24, 2.45) is 0 Å². The van der Waals surface area contributed by atoms with Crippen molar-refractivity contribution in [2.75, 3.05) is 0 Å². The summed E-state index contributed by atoms with van der Waals surface area (Å²) >= 11 is 0. The second-order valence-electron chi connectivity index (χ2n) is 6.20. The number of hydrogen-bond acceptors (Lipinski definition) is 3. The Morgan fingerprint density at radius 2 is 1.93 bits per heavy atom. The highest BCUT2D eigenvalue weighted by Gasteiger charge is 2.12. The molecule has 0 aliphatic heterocycles. The third kappa shape index (κ3) is 4.24. The Morgan fingerprint density at radius 3 is 2.59 bits per heavy atom. The van der Waals surface area contributed by atoms with Crippen LogP contribution in [0.15, 0.2) is 48.5 Å². The number of aryl methyl sites for hydroxylation is 2. The van der Waals surface area contributed by atoms with Crippen LogP contribution in [0.25, 0.3) is 11.1 Å². The van der Waals surface area contributed by atoms with Crippen LogP contribution in [0.2, 0.25) is 0 Å². The van der Waals surface area contributed by atoms with Crippen LogP contribution in [0.3, 0.4) is 0 Å². The van der Waals surface area contributed by atoms with Gasteiger partial charge in [-0.1, -0.05) is 49.4 Å². The van der Waals surface area contributed by atoms with Crippen LogP contribution in [0.5, 0.6) is 0 Å². The third-order valence-electron chi connectivity index (χ3n) is 4.36. The maximum atomic E-state index is 11.4. The number of nitrogens with zero attached hydrogens (tertiary/aromatic N) is 3. The van der Waals surface area contributed by atoms with Crippen LogP contribution < -0.4 is 0 Å². The predicted octanol–water partition coefficient (Wildman–Crippen LogP) is 3.82. The molecule has 5 nitrogen and oxygen atoms in total. The lowest BCUT2D eigenvalue weighted by molar-refractivity contribution is 0.0697. The molecule has 0 amide bonds. The number of aromatic nitrogens is 3. The Kier molecular flexibility index (Phi) is 5.68. The number of benzene rings is 2. The molecule has 1 N–H and O–H groups in total. The zero-order chi connectivity index (χ0) is 19.2. The summed E-state index contributed by atoms with van der Waals surface area (Å²) in [5.74, 6) is 3.41. The van der Waals surface area contributed by atoms with Crippen LogP contribution in [-0.2, 0) is 19.4 Å². The lowest BCUT2D eigenvalue weighted by Crippen LogP contribution is -2.06. The van der Waals surface area contributed by atoms with Crippen LogP contribution >= 0.6 is 0 Å². The smallest absolute Gasteiger partial charge is 0.336 e. The summed E-state index contributed by atoms with van der Waals surface area (Å²) in [4.78, 5) is 16.0. The minimum Gasteiger partial charge on any atom is -0.478 e. The summed E-state index contributed by atoms with van der Waals surface area (Å²) in [5, 5.41) is 13.9. The van der Waals surface area contributed by atoms with Crippen LogP contribution in [0.1, 0.15) is 40.9 Å². The van der Waals surface area contributed by atoms with Gasteiger partial charge in [0.15, 0.2) is 5.82 Å². The molecule has 0 saturated carbocycles. The molecule has 0 bridgehead atoms. The fourth-order valence-electron chi connectivity index (χ4n) is 2.96. The van der Waals surface area contributed by atoms with Crippen LogP contribution in [-0.4, -0.2) is 25.8 Å². The number of carboxylic acid groups (broad SMARTS) is 1. The van der Waals surface area contributed by atoms with Gasteiger partial charge in [-0.25, -0.2) is 14.5 Å². The quantitative estimate of drug-likeness (QED) is 0.651. The minimum atomic E-state index is -0.927. The fraction of sp³-hybridized carbons (Fsp3) is 0.227. The summed E-state index contributed by atoms with van der Waals surface area (Å²) in [6.45, 7) is 2.68. The summed E-state index contributed by atoms with van der Waals surface area (Å²) in [5.41, 5.74) is 2.97.